The van der Waals surface area contributed by atoms with Crippen molar-refractivity contribution < 1.29 is 4.42 Å². The number of benzene rings is 8. The standard InChI is InChI=1S/C46H30N2O/c1-3-15-34(16-4-1)47(35-17-5-2-6-18-35)36-25-27-37(28-26-36)48-42-21-11-9-20-39(42)44-40(33-24-23-31-13-7-8-14-32(31)29-33)30-41-38-19-10-12-22-43(38)49-46(41)45(44)48/h1-30H. The number of hydrogen-bond donors (Lipinski definition) is 0. The summed E-state index contributed by atoms with van der Waals surface area (Å²) in [7, 11) is 0. The molecule has 2 heterocycles. The summed E-state index contributed by atoms with van der Waals surface area (Å²) in [6.07, 6.45) is 0. The van der Waals surface area contributed by atoms with Gasteiger partial charge >= 0.3 is 0 Å². The van der Waals surface area contributed by atoms with E-state index in [9.17, 15) is 0 Å². The van der Waals surface area contributed by atoms with E-state index in [1.54, 1.807) is 0 Å². The van der Waals surface area contributed by atoms with Crippen LogP contribution in [0.25, 0.3) is 71.3 Å². The van der Waals surface area contributed by atoms with Crippen LogP contribution in [0.5, 0.6) is 0 Å². The molecule has 49 heavy (non-hydrogen) atoms. The lowest BCUT2D eigenvalue weighted by Crippen LogP contribution is -2.09. The van der Waals surface area contributed by atoms with Crippen molar-refractivity contribution in [1.29, 1.82) is 0 Å². The van der Waals surface area contributed by atoms with Gasteiger partial charge in [0.1, 0.15) is 5.58 Å². The molecule has 0 aliphatic rings. The molecule has 0 fully saturated rings. The predicted octanol–water partition coefficient (Wildman–Crippen LogP) is 13.0. The van der Waals surface area contributed by atoms with Crippen LogP contribution >= 0.6 is 0 Å². The van der Waals surface area contributed by atoms with Gasteiger partial charge < -0.3 is 13.9 Å². The zero-order chi connectivity index (χ0) is 32.3. The normalized spacial score (nSPS) is 11.7. The third-order valence-corrected chi connectivity index (χ3v) is 9.74. The quantitative estimate of drug-likeness (QED) is 0.190. The second-order valence-corrected chi connectivity index (χ2v) is 12.6. The van der Waals surface area contributed by atoms with Crippen LogP contribution in [0.1, 0.15) is 0 Å². The SMILES string of the molecule is c1ccc(N(c2ccccc2)c2ccc(-n3c4ccccc4c4c(-c5ccc6ccccc6c5)cc5c6ccccc6oc5c43)cc2)cc1. The van der Waals surface area contributed by atoms with Gasteiger partial charge in [0.15, 0.2) is 5.58 Å². The van der Waals surface area contributed by atoms with Gasteiger partial charge in [0.05, 0.1) is 11.0 Å². The van der Waals surface area contributed by atoms with E-state index >= 15 is 0 Å². The van der Waals surface area contributed by atoms with Crippen LogP contribution in [0.3, 0.4) is 0 Å². The smallest absolute Gasteiger partial charge is 0.160 e. The maximum absolute atomic E-state index is 6.77. The molecule has 0 bridgehead atoms. The Kier molecular flexibility index (Phi) is 6.18. The molecule has 2 aromatic heterocycles. The fourth-order valence-corrected chi connectivity index (χ4v) is 7.53. The largest absolute Gasteiger partial charge is 0.454 e. The second-order valence-electron chi connectivity index (χ2n) is 12.6. The molecule has 0 amide bonds. The van der Waals surface area contributed by atoms with Crippen LogP contribution in [0, 0.1) is 0 Å². The zero-order valence-electron chi connectivity index (χ0n) is 26.6. The molecule has 0 aliphatic carbocycles. The Balaban J connectivity index is 1.26. The van der Waals surface area contributed by atoms with Gasteiger partial charge in [-0.25, -0.2) is 0 Å². The van der Waals surface area contributed by atoms with Crippen LogP contribution in [0.2, 0.25) is 0 Å². The molecule has 0 saturated carbocycles. The monoisotopic (exact) mass is 626 g/mol. The van der Waals surface area contributed by atoms with Gasteiger partial charge in [0, 0.05) is 44.3 Å². The van der Waals surface area contributed by atoms with Crippen LogP contribution in [-0.4, -0.2) is 4.57 Å². The van der Waals surface area contributed by atoms with Crippen molar-refractivity contribution in [1.82, 2.24) is 4.57 Å². The highest BCUT2D eigenvalue weighted by molar-refractivity contribution is 6.26. The lowest BCUT2D eigenvalue weighted by molar-refractivity contribution is 0.671. The van der Waals surface area contributed by atoms with Crippen molar-refractivity contribution in [3.8, 4) is 16.8 Å². The molecule has 8 aromatic carbocycles. The molecular formula is C46H30N2O. The topological polar surface area (TPSA) is 21.3 Å². The van der Waals surface area contributed by atoms with Crippen LogP contribution in [-0.2, 0) is 0 Å². The summed E-state index contributed by atoms with van der Waals surface area (Å²) >= 11 is 0. The van der Waals surface area contributed by atoms with Crippen LogP contribution < -0.4 is 4.90 Å². The minimum atomic E-state index is 0.892. The summed E-state index contributed by atoms with van der Waals surface area (Å²) in [4.78, 5) is 2.30. The molecule has 0 spiro atoms. The first-order chi connectivity index (χ1) is 24.3. The van der Waals surface area contributed by atoms with E-state index in [1.807, 2.05) is 6.07 Å². The van der Waals surface area contributed by atoms with Crippen molar-refractivity contribution in [2.24, 2.45) is 0 Å². The third-order valence-electron chi connectivity index (χ3n) is 9.74. The van der Waals surface area contributed by atoms with E-state index in [0.29, 0.717) is 0 Å². The van der Waals surface area contributed by atoms with Gasteiger partial charge in [0.25, 0.3) is 0 Å². The van der Waals surface area contributed by atoms with E-state index in [-0.39, 0.29) is 0 Å². The molecule has 3 nitrogen and oxygen atoms in total. The second kappa shape index (κ2) is 11.0. The molecular weight excluding hydrogens is 597 g/mol. The molecule has 230 valence electrons. The Hall–Kier alpha value is -6.58. The first kappa shape index (κ1) is 27.5. The summed E-state index contributed by atoms with van der Waals surface area (Å²) < 4.78 is 9.16. The van der Waals surface area contributed by atoms with Gasteiger partial charge in [-0.15, -0.1) is 0 Å². The minimum Gasteiger partial charge on any atom is -0.454 e. The average molecular weight is 627 g/mol. The molecule has 0 atom stereocenters. The predicted molar refractivity (Wildman–Crippen MR) is 206 cm³/mol. The lowest BCUT2D eigenvalue weighted by atomic mass is 9.95. The number of rotatable bonds is 5. The van der Waals surface area contributed by atoms with Gasteiger partial charge in [-0.05, 0) is 94.7 Å². The van der Waals surface area contributed by atoms with E-state index < -0.39 is 0 Å². The van der Waals surface area contributed by atoms with Crippen molar-refractivity contribution >= 4 is 71.6 Å². The van der Waals surface area contributed by atoms with Crippen molar-refractivity contribution in [2.45, 2.75) is 0 Å². The maximum Gasteiger partial charge on any atom is 0.160 e. The van der Waals surface area contributed by atoms with E-state index in [2.05, 4.69) is 185 Å². The number of nitrogens with zero attached hydrogens (tertiary/aromatic N) is 2. The Bertz CT molecular complexity index is 2770. The maximum atomic E-state index is 6.77. The fourth-order valence-electron chi connectivity index (χ4n) is 7.53. The van der Waals surface area contributed by atoms with Crippen LogP contribution in [0.4, 0.5) is 17.1 Å². The number of fused-ring (bicyclic) bond motifs is 8. The fraction of sp³-hybridized carbons (Fsp3) is 0. The van der Waals surface area contributed by atoms with E-state index in [0.717, 1.165) is 55.7 Å². The highest BCUT2D eigenvalue weighted by atomic mass is 16.3. The minimum absolute atomic E-state index is 0.892. The highest BCUT2D eigenvalue weighted by Crippen LogP contribution is 2.46. The Morgan fingerprint density at radius 1 is 0.449 bits per heavy atom. The summed E-state index contributed by atoms with van der Waals surface area (Å²) in [5, 5.41) is 7.09. The highest BCUT2D eigenvalue weighted by Gasteiger charge is 2.23. The molecule has 3 heteroatoms. The molecule has 0 saturated heterocycles. The van der Waals surface area contributed by atoms with Crippen LogP contribution in [0.15, 0.2) is 186 Å². The Morgan fingerprint density at radius 2 is 1.06 bits per heavy atom. The number of para-hydroxylation sites is 4. The van der Waals surface area contributed by atoms with Gasteiger partial charge in [-0.3, -0.25) is 0 Å². The molecule has 0 N–H and O–H groups in total. The zero-order valence-corrected chi connectivity index (χ0v) is 26.6. The van der Waals surface area contributed by atoms with Crippen molar-refractivity contribution in [3.63, 3.8) is 0 Å². The van der Waals surface area contributed by atoms with Gasteiger partial charge in [-0.2, -0.15) is 0 Å². The first-order valence-electron chi connectivity index (χ1n) is 16.7. The molecule has 0 unspecified atom stereocenters. The number of hydrogen-bond acceptors (Lipinski definition) is 2. The van der Waals surface area contributed by atoms with E-state index in [4.69, 9.17) is 4.42 Å². The number of furan rings is 1. The molecule has 0 aliphatic heterocycles. The molecule has 10 rings (SSSR count). The summed E-state index contributed by atoms with van der Waals surface area (Å²) in [5.41, 5.74) is 10.8. The summed E-state index contributed by atoms with van der Waals surface area (Å²) in [5.74, 6) is 0. The Labute approximate surface area is 283 Å². The van der Waals surface area contributed by atoms with Gasteiger partial charge in [0.2, 0.25) is 0 Å². The van der Waals surface area contributed by atoms with E-state index in [1.165, 1.54) is 32.7 Å². The Morgan fingerprint density at radius 3 is 1.82 bits per heavy atom. The number of aromatic nitrogens is 1. The van der Waals surface area contributed by atoms with Crippen molar-refractivity contribution in [3.05, 3.63) is 182 Å². The lowest BCUT2D eigenvalue weighted by Gasteiger charge is -2.25. The third kappa shape index (κ3) is 4.37. The summed E-state index contributed by atoms with van der Waals surface area (Å²) in [6, 6.07) is 64.8. The average Bonchev–Trinajstić information content (AvgIpc) is 3.72. The van der Waals surface area contributed by atoms with Crippen molar-refractivity contribution in [2.75, 3.05) is 4.90 Å². The summed E-state index contributed by atoms with van der Waals surface area (Å²) in [6.45, 7) is 0. The molecule has 10 aromatic rings. The van der Waals surface area contributed by atoms with Gasteiger partial charge in [-0.1, -0.05) is 109 Å². The number of anilines is 3. The first-order valence-corrected chi connectivity index (χ1v) is 16.7. The molecule has 0 radical (unpaired) electrons.